The number of carbonyl (C=O) groups is 1. The zero-order valence-corrected chi connectivity index (χ0v) is 11.8. The van der Waals surface area contributed by atoms with Gasteiger partial charge in [-0.25, -0.2) is 9.78 Å². The van der Waals surface area contributed by atoms with Gasteiger partial charge >= 0.3 is 5.97 Å². The SMILES string of the molecule is CCOC(=O)c1c(C)nc(F)n1[C@H](C)c1ccccc1. The Bertz CT molecular complexity index is 608. The molecular formula is C15H17FN2O2. The molecule has 1 atom stereocenters. The Balaban J connectivity index is 2.48. The predicted molar refractivity (Wildman–Crippen MR) is 73.1 cm³/mol. The molecule has 4 nitrogen and oxygen atoms in total. The first-order valence-electron chi connectivity index (χ1n) is 6.52. The first-order valence-corrected chi connectivity index (χ1v) is 6.52. The zero-order valence-electron chi connectivity index (χ0n) is 11.8. The molecule has 0 saturated carbocycles. The maximum Gasteiger partial charge on any atom is 0.356 e. The smallest absolute Gasteiger partial charge is 0.356 e. The number of rotatable bonds is 4. The lowest BCUT2D eigenvalue weighted by Crippen LogP contribution is -2.18. The summed E-state index contributed by atoms with van der Waals surface area (Å²) in [4.78, 5) is 15.7. The van der Waals surface area contributed by atoms with Gasteiger partial charge in [0.1, 0.15) is 0 Å². The fraction of sp³-hybridized carbons (Fsp3) is 0.333. The van der Waals surface area contributed by atoms with E-state index in [1.807, 2.05) is 37.3 Å². The van der Waals surface area contributed by atoms with Gasteiger partial charge in [0.2, 0.25) is 0 Å². The summed E-state index contributed by atoms with van der Waals surface area (Å²) in [6, 6.07) is 9.06. The maximum absolute atomic E-state index is 14.1. The van der Waals surface area contributed by atoms with Crippen LogP contribution in [0.15, 0.2) is 30.3 Å². The van der Waals surface area contributed by atoms with Gasteiger partial charge in [0.25, 0.3) is 6.08 Å². The van der Waals surface area contributed by atoms with E-state index in [-0.39, 0.29) is 18.3 Å². The minimum Gasteiger partial charge on any atom is -0.461 e. The van der Waals surface area contributed by atoms with Crippen LogP contribution in [0.1, 0.15) is 41.6 Å². The van der Waals surface area contributed by atoms with Crippen molar-refractivity contribution in [1.29, 1.82) is 0 Å². The molecule has 1 heterocycles. The number of aromatic nitrogens is 2. The van der Waals surface area contributed by atoms with Crippen molar-refractivity contribution in [3.05, 3.63) is 53.4 Å². The van der Waals surface area contributed by atoms with E-state index in [0.29, 0.717) is 5.69 Å². The highest BCUT2D eigenvalue weighted by Crippen LogP contribution is 2.23. The van der Waals surface area contributed by atoms with Gasteiger partial charge in [0.05, 0.1) is 18.3 Å². The fourth-order valence-electron chi connectivity index (χ4n) is 2.19. The molecule has 0 bridgehead atoms. The highest BCUT2D eigenvalue weighted by atomic mass is 19.1. The second-order valence-electron chi connectivity index (χ2n) is 4.49. The summed E-state index contributed by atoms with van der Waals surface area (Å²) in [5.41, 5.74) is 1.40. The molecule has 2 rings (SSSR count). The second kappa shape index (κ2) is 5.86. The molecule has 1 aromatic heterocycles. The molecule has 0 amide bonds. The van der Waals surface area contributed by atoms with Gasteiger partial charge in [0.15, 0.2) is 5.69 Å². The summed E-state index contributed by atoms with van der Waals surface area (Å²) in [5, 5.41) is 0. The standard InChI is InChI=1S/C15H17FN2O2/c1-4-20-14(19)13-10(2)17-15(16)18(13)11(3)12-8-6-5-7-9-12/h5-9,11H,4H2,1-3H3/t11-/m1/s1. The first kappa shape index (κ1) is 14.2. The van der Waals surface area contributed by atoms with Crippen LogP contribution in [0.5, 0.6) is 0 Å². The number of aryl methyl sites for hydroxylation is 1. The van der Waals surface area contributed by atoms with Crippen molar-refractivity contribution in [2.24, 2.45) is 0 Å². The number of imidazole rings is 1. The molecule has 0 radical (unpaired) electrons. The zero-order chi connectivity index (χ0) is 14.7. The monoisotopic (exact) mass is 276 g/mol. The maximum atomic E-state index is 14.1. The van der Waals surface area contributed by atoms with Crippen molar-refractivity contribution in [3.8, 4) is 0 Å². The lowest BCUT2D eigenvalue weighted by atomic mass is 10.1. The molecular weight excluding hydrogens is 259 g/mol. The lowest BCUT2D eigenvalue weighted by molar-refractivity contribution is 0.0509. The van der Waals surface area contributed by atoms with E-state index in [1.165, 1.54) is 4.57 Å². The van der Waals surface area contributed by atoms with Gasteiger partial charge < -0.3 is 4.74 Å². The van der Waals surface area contributed by atoms with E-state index < -0.39 is 12.0 Å². The molecule has 0 unspecified atom stereocenters. The fourth-order valence-corrected chi connectivity index (χ4v) is 2.19. The normalized spacial score (nSPS) is 12.2. The van der Waals surface area contributed by atoms with Crippen molar-refractivity contribution in [2.75, 3.05) is 6.61 Å². The Morgan fingerprint density at radius 2 is 2.05 bits per heavy atom. The third-order valence-electron chi connectivity index (χ3n) is 3.18. The average Bonchev–Trinajstić information content (AvgIpc) is 2.74. The molecule has 0 aliphatic carbocycles. The molecule has 20 heavy (non-hydrogen) atoms. The first-order chi connectivity index (χ1) is 9.56. The number of benzene rings is 1. The number of ether oxygens (including phenoxy) is 1. The summed E-state index contributed by atoms with van der Waals surface area (Å²) in [5.74, 6) is -0.552. The van der Waals surface area contributed by atoms with Crippen molar-refractivity contribution in [1.82, 2.24) is 9.55 Å². The Morgan fingerprint density at radius 3 is 2.65 bits per heavy atom. The molecule has 0 aliphatic rings. The van der Waals surface area contributed by atoms with Crippen LogP contribution >= 0.6 is 0 Å². The Morgan fingerprint density at radius 1 is 1.40 bits per heavy atom. The van der Waals surface area contributed by atoms with Crippen LogP contribution in [0.2, 0.25) is 0 Å². The van der Waals surface area contributed by atoms with Crippen molar-refractivity contribution in [2.45, 2.75) is 26.8 Å². The predicted octanol–water partition coefficient (Wildman–Crippen LogP) is 3.12. The van der Waals surface area contributed by atoms with Gasteiger partial charge in [-0.05, 0) is 26.3 Å². The van der Waals surface area contributed by atoms with Gasteiger partial charge in [-0.2, -0.15) is 4.39 Å². The van der Waals surface area contributed by atoms with Crippen LogP contribution in [0, 0.1) is 13.0 Å². The Hall–Kier alpha value is -2.17. The molecule has 0 N–H and O–H groups in total. The minimum atomic E-state index is -0.679. The molecule has 0 aliphatic heterocycles. The van der Waals surface area contributed by atoms with Crippen LogP contribution in [-0.4, -0.2) is 22.1 Å². The van der Waals surface area contributed by atoms with Crippen molar-refractivity contribution >= 4 is 5.97 Å². The molecule has 0 spiro atoms. The molecule has 0 fully saturated rings. The number of nitrogens with zero attached hydrogens (tertiary/aromatic N) is 2. The van der Waals surface area contributed by atoms with Crippen molar-refractivity contribution < 1.29 is 13.9 Å². The molecule has 1 aromatic carbocycles. The number of esters is 1. The van der Waals surface area contributed by atoms with Crippen LogP contribution in [0.25, 0.3) is 0 Å². The third-order valence-corrected chi connectivity index (χ3v) is 3.18. The summed E-state index contributed by atoms with van der Waals surface area (Å²) < 4.78 is 20.3. The lowest BCUT2D eigenvalue weighted by Gasteiger charge is -2.17. The minimum absolute atomic E-state index is 0.167. The highest BCUT2D eigenvalue weighted by Gasteiger charge is 2.25. The van der Waals surface area contributed by atoms with Crippen LogP contribution in [-0.2, 0) is 4.74 Å². The molecule has 0 saturated heterocycles. The molecule has 2 aromatic rings. The van der Waals surface area contributed by atoms with Crippen LogP contribution < -0.4 is 0 Å². The van der Waals surface area contributed by atoms with Crippen LogP contribution in [0.4, 0.5) is 4.39 Å². The Kier molecular flexibility index (Phi) is 4.17. The van der Waals surface area contributed by atoms with Gasteiger partial charge in [-0.1, -0.05) is 30.3 Å². The summed E-state index contributed by atoms with van der Waals surface area (Å²) in [6.07, 6.45) is -0.679. The van der Waals surface area contributed by atoms with E-state index in [9.17, 15) is 9.18 Å². The van der Waals surface area contributed by atoms with Gasteiger partial charge in [0, 0.05) is 0 Å². The van der Waals surface area contributed by atoms with Crippen molar-refractivity contribution in [3.63, 3.8) is 0 Å². The number of halogens is 1. The summed E-state index contributed by atoms with van der Waals surface area (Å²) in [7, 11) is 0. The summed E-state index contributed by atoms with van der Waals surface area (Å²) in [6.45, 7) is 5.38. The largest absolute Gasteiger partial charge is 0.461 e. The average molecular weight is 276 g/mol. The van der Waals surface area contributed by atoms with Crippen LogP contribution in [0.3, 0.4) is 0 Å². The number of hydrogen-bond acceptors (Lipinski definition) is 3. The highest BCUT2D eigenvalue weighted by molar-refractivity contribution is 5.89. The quantitative estimate of drug-likeness (QED) is 0.806. The second-order valence-corrected chi connectivity index (χ2v) is 4.49. The van der Waals surface area contributed by atoms with E-state index in [2.05, 4.69) is 4.98 Å². The van der Waals surface area contributed by atoms with E-state index >= 15 is 0 Å². The molecule has 5 heteroatoms. The topological polar surface area (TPSA) is 44.1 Å². The number of hydrogen-bond donors (Lipinski definition) is 0. The number of carbonyl (C=O) groups excluding carboxylic acids is 1. The van der Waals surface area contributed by atoms with E-state index in [4.69, 9.17) is 4.74 Å². The summed E-state index contributed by atoms with van der Waals surface area (Å²) >= 11 is 0. The Labute approximate surface area is 117 Å². The molecule has 106 valence electrons. The third kappa shape index (κ3) is 2.57. The van der Waals surface area contributed by atoms with Gasteiger partial charge in [-0.15, -0.1) is 0 Å². The van der Waals surface area contributed by atoms with E-state index in [1.54, 1.807) is 13.8 Å². The van der Waals surface area contributed by atoms with Gasteiger partial charge in [-0.3, -0.25) is 4.57 Å². The van der Waals surface area contributed by atoms with E-state index in [0.717, 1.165) is 5.56 Å².